The molecule has 0 saturated heterocycles. The van der Waals surface area contributed by atoms with Gasteiger partial charge in [-0.05, 0) is 17.7 Å². The lowest BCUT2D eigenvalue weighted by Gasteiger charge is -2.04. The number of ether oxygens (including phenoxy) is 1. The molecule has 5 heteroatoms. The van der Waals surface area contributed by atoms with Crippen LogP contribution in [0.25, 0.3) is 0 Å². The van der Waals surface area contributed by atoms with Crippen LogP contribution in [0.2, 0.25) is 0 Å². The Labute approximate surface area is 93.1 Å². The van der Waals surface area contributed by atoms with Crippen molar-refractivity contribution in [2.75, 3.05) is 5.73 Å². The van der Waals surface area contributed by atoms with E-state index in [-0.39, 0.29) is 6.61 Å². The second-order valence-electron chi connectivity index (χ2n) is 3.47. The summed E-state index contributed by atoms with van der Waals surface area (Å²) in [4.78, 5) is 0. The summed E-state index contributed by atoms with van der Waals surface area (Å²) in [6.07, 6.45) is 1.67. The maximum atomic E-state index is 8.99. The molecule has 2 rings (SSSR count). The minimum atomic E-state index is -0.0189. The molecule has 0 spiro atoms. The fourth-order valence-corrected chi connectivity index (χ4v) is 1.38. The van der Waals surface area contributed by atoms with Crippen molar-refractivity contribution in [1.29, 1.82) is 0 Å². The quantitative estimate of drug-likeness (QED) is 0.815. The SMILES string of the molecule is Cn1cc(N)c(Oc2cccc(CO)c2)n1. The van der Waals surface area contributed by atoms with E-state index in [9.17, 15) is 0 Å². The number of hydrogen-bond acceptors (Lipinski definition) is 4. The maximum Gasteiger partial charge on any atom is 0.261 e. The van der Waals surface area contributed by atoms with E-state index in [1.54, 1.807) is 36.1 Å². The van der Waals surface area contributed by atoms with Gasteiger partial charge in [-0.1, -0.05) is 12.1 Å². The lowest BCUT2D eigenvalue weighted by Crippen LogP contribution is -1.92. The Kier molecular flexibility index (Phi) is 2.78. The Morgan fingerprint density at radius 3 is 2.94 bits per heavy atom. The van der Waals surface area contributed by atoms with Gasteiger partial charge < -0.3 is 15.6 Å². The summed E-state index contributed by atoms with van der Waals surface area (Å²) in [5.74, 6) is 0.981. The lowest BCUT2D eigenvalue weighted by molar-refractivity contribution is 0.281. The van der Waals surface area contributed by atoms with Crippen molar-refractivity contribution in [3.63, 3.8) is 0 Å². The number of benzene rings is 1. The van der Waals surface area contributed by atoms with Crippen LogP contribution in [0.1, 0.15) is 5.56 Å². The number of nitrogens with zero attached hydrogens (tertiary/aromatic N) is 2. The summed E-state index contributed by atoms with van der Waals surface area (Å²) in [7, 11) is 1.77. The monoisotopic (exact) mass is 219 g/mol. The maximum absolute atomic E-state index is 8.99. The Balaban J connectivity index is 2.23. The fourth-order valence-electron chi connectivity index (χ4n) is 1.38. The predicted molar refractivity (Wildman–Crippen MR) is 60.1 cm³/mol. The van der Waals surface area contributed by atoms with Crippen LogP contribution in [-0.4, -0.2) is 14.9 Å². The van der Waals surface area contributed by atoms with Crippen molar-refractivity contribution < 1.29 is 9.84 Å². The smallest absolute Gasteiger partial charge is 0.261 e. The highest BCUT2D eigenvalue weighted by Gasteiger charge is 2.06. The summed E-state index contributed by atoms with van der Waals surface area (Å²) in [6, 6.07) is 7.15. The highest BCUT2D eigenvalue weighted by Crippen LogP contribution is 2.25. The molecular formula is C11H13N3O2. The van der Waals surface area contributed by atoms with Gasteiger partial charge in [-0.3, -0.25) is 4.68 Å². The molecule has 0 atom stereocenters. The minimum Gasteiger partial charge on any atom is -0.436 e. The molecular weight excluding hydrogens is 206 g/mol. The standard InChI is InChI=1S/C11H13N3O2/c1-14-6-10(12)11(13-14)16-9-4-2-3-8(5-9)7-15/h2-6,15H,7,12H2,1H3. The van der Waals surface area contributed by atoms with Crippen molar-refractivity contribution >= 4 is 5.69 Å². The van der Waals surface area contributed by atoms with Crippen LogP contribution in [0.4, 0.5) is 5.69 Å². The highest BCUT2D eigenvalue weighted by molar-refractivity contribution is 5.48. The predicted octanol–water partition coefficient (Wildman–Crippen LogP) is 1.29. The van der Waals surface area contributed by atoms with E-state index in [1.807, 2.05) is 6.07 Å². The van der Waals surface area contributed by atoms with Gasteiger partial charge >= 0.3 is 0 Å². The second-order valence-corrected chi connectivity index (χ2v) is 3.47. The molecule has 0 radical (unpaired) electrons. The van der Waals surface area contributed by atoms with Gasteiger partial charge in [-0.2, -0.15) is 0 Å². The third-order valence-electron chi connectivity index (χ3n) is 2.12. The molecule has 0 aliphatic heterocycles. The van der Waals surface area contributed by atoms with Gasteiger partial charge in [0.1, 0.15) is 11.4 Å². The number of nitrogen functional groups attached to an aromatic ring is 1. The van der Waals surface area contributed by atoms with Gasteiger partial charge in [0.2, 0.25) is 0 Å². The second kappa shape index (κ2) is 4.24. The Bertz CT molecular complexity index is 494. The van der Waals surface area contributed by atoms with Gasteiger partial charge in [0.05, 0.1) is 12.8 Å². The van der Waals surface area contributed by atoms with Crippen LogP contribution in [0, 0.1) is 0 Å². The third kappa shape index (κ3) is 2.14. The fraction of sp³-hybridized carbons (Fsp3) is 0.182. The summed E-state index contributed by atoms with van der Waals surface area (Å²) in [5.41, 5.74) is 6.97. The van der Waals surface area contributed by atoms with Crippen molar-refractivity contribution in [3.8, 4) is 11.6 Å². The first-order valence-corrected chi connectivity index (χ1v) is 4.86. The van der Waals surface area contributed by atoms with Crippen molar-refractivity contribution in [1.82, 2.24) is 9.78 Å². The van der Waals surface area contributed by atoms with Crippen molar-refractivity contribution in [2.24, 2.45) is 7.05 Å². The third-order valence-corrected chi connectivity index (χ3v) is 2.12. The summed E-state index contributed by atoms with van der Waals surface area (Å²) in [6.45, 7) is -0.0189. The Hall–Kier alpha value is -2.01. The van der Waals surface area contributed by atoms with Crippen LogP contribution >= 0.6 is 0 Å². The van der Waals surface area contributed by atoms with Gasteiger partial charge in [0.25, 0.3) is 5.88 Å². The number of aromatic nitrogens is 2. The topological polar surface area (TPSA) is 73.3 Å². The van der Waals surface area contributed by atoms with Crippen LogP contribution in [0.3, 0.4) is 0 Å². The molecule has 2 aromatic rings. The number of nitrogens with two attached hydrogens (primary N) is 1. The molecule has 16 heavy (non-hydrogen) atoms. The average Bonchev–Trinajstić information content (AvgIpc) is 2.58. The van der Waals surface area contributed by atoms with Gasteiger partial charge in [0, 0.05) is 7.05 Å². The molecule has 5 nitrogen and oxygen atoms in total. The molecule has 3 N–H and O–H groups in total. The summed E-state index contributed by atoms with van der Waals surface area (Å²) >= 11 is 0. The van der Waals surface area contributed by atoms with E-state index in [0.29, 0.717) is 17.3 Å². The number of aliphatic hydroxyl groups excluding tert-OH is 1. The summed E-state index contributed by atoms with van der Waals surface area (Å²) in [5, 5.41) is 13.1. The van der Waals surface area contributed by atoms with E-state index >= 15 is 0 Å². The number of hydrogen-bond donors (Lipinski definition) is 2. The summed E-state index contributed by atoms with van der Waals surface area (Å²) < 4.78 is 7.09. The van der Waals surface area contributed by atoms with Crippen LogP contribution < -0.4 is 10.5 Å². The largest absolute Gasteiger partial charge is 0.436 e. The first kappa shape index (κ1) is 10.5. The Morgan fingerprint density at radius 1 is 1.50 bits per heavy atom. The van der Waals surface area contributed by atoms with Crippen LogP contribution in [-0.2, 0) is 13.7 Å². The van der Waals surface area contributed by atoms with E-state index in [0.717, 1.165) is 5.56 Å². The zero-order valence-electron chi connectivity index (χ0n) is 8.92. The molecule has 0 amide bonds. The molecule has 0 aliphatic rings. The molecule has 1 aromatic carbocycles. The molecule has 0 unspecified atom stereocenters. The average molecular weight is 219 g/mol. The molecule has 0 saturated carbocycles. The number of rotatable bonds is 3. The number of anilines is 1. The van der Waals surface area contributed by atoms with Crippen molar-refractivity contribution in [2.45, 2.75) is 6.61 Å². The highest BCUT2D eigenvalue weighted by atomic mass is 16.5. The molecule has 1 heterocycles. The van der Waals surface area contributed by atoms with Gasteiger partial charge in [0.15, 0.2) is 0 Å². The number of aryl methyl sites for hydroxylation is 1. The molecule has 0 bridgehead atoms. The number of aliphatic hydroxyl groups is 1. The molecule has 0 aliphatic carbocycles. The molecule has 1 aromatic heterocycles. The Morgan fingerprint density at radius 2 is 2.31 bits per heavy atom. The normalized spacial score (nSPS) is 10.4. The van der Waals surface area contributed by atoms with Crippen LogP contribution in [0.5, 0.6) is 11.6 Å². The van der Waals surface area contributed by atoms with Gasteiger partial charge in [-0.15, -0.1) is 5.10 Å². The zero-order chi connectivity index (χ0) is 11.5. The zero-order valence-corrected chi connectivity index (χ0v) is 8.92. The van der Waals surface area contributed by atoms with E-state index < -0.39 is 0 Å². The van der Waals surface area contributed by atoms with Gasteiger partial charge in [-0.25, -0.2) is 0 Å². The minimum absolute atomic E-state index is 0.0189. The van der Waals surface area contributed by atoms with Crippen molar-refractivity contribution in [3.05, 3.63) is 36.0 Å². The van der Waals surface area contributed by atoms with E-state index in [2.05, 4.69) is 5.10 Å². The molecule has 0 fully saturated rings. The lowest BCUT2D eigenvalue weighted by atomic mass is 10.2. The molecule has 84 valence electrons. The first-order chi connectivity index (χ1) is 7.69. The first-order valence-electron chi connectivity index (χ1n) is 4.86. The van der Waals surface area contributed by atoms with Crippen LogP contribution in [0.15, 0.2) is 30.5 Å². The van der Waals surface area contributed by atoms with E-state index in [4.69, 9.17) is 15.6 Å². The van der Waals surface area contributed by atoms with E-state index in [1.165, 1.54) is 0 Å².